The molecule has 1 fully saturated rings. The smallest absolute Gasteiger partial charge is 0.319 e. The molecule has 36 heavy (non-hydrogen) atoms. The number of carbonyl (C=O) groups excluding carboxylic acids is 2. The molecule has 186 valence electrons. The molecule has 1 aromatic carbocycles. The highest BCUT2D eigenvalue weighted by molar-refractivity contribution is 6.00. The number of nitrogens with one attached hydrogen (secondary N) is 3. The third-order valence-corrected chi connectivity index (χ3v) is 6.51. The number of amides is 3. The Kier molecular flexibility index (Phi) is 7.46. The van der Waals surface area contributed by atoms with E-state index < -0.39 is 23.6 Å². The monoisotopic (exact) mass is 489 g/mol. The van der Waals surface area contributed by atoms with Crippen molar-refractivity contribution < 1.29 is 19.1 Å². The van der Waals surface area contributed by atoms with Gasteiger partial charge >= 0.3 is 6.03 Å². The average molecular weight is 490 g/mol. The largest absolute Gasteiger partial charge is 0.378 e. The molecule has 0 bridgehead atoms. The fourth-order valence-electron chi connectivity index (χ4n) is 4.17. The van der Waals surface area contributed by atoms with Gasteiger partial charge in [0.2, 0.25) is 11.9 Å². The first kappa shape index (κ1) is 25.1. The second kappa shape index (κ2) is 10.7. The number of aromatic nitrogens is 1. The van der Waals surface area contributed by atoms with Crippen molar-refractivity contribution in [2.45, 2.75) is 50.2 Å². The molecule has 4 N–H and O–H groups in total. The van der Waals surface area contributed by atoms with Crippen molar-refractivity contribution in [1.29, 1.82) is 5.41 Å². The number of pyridine rings is 1. The van der Waals surface area contributed by atoms with Crippen LogP contribution in [0.5, 0.6) is 0 Å². The Morgan fingerprint density at radius 2 is 2.19 bits per heavy atom. The Morgan fingerprint density at radius 3 is 2.89 bits per heavy atom. The van der Waals surface area contributed by atoms with Gasteiger partial charge < -0.3 is 26.0 Å². The van der Waals surface area contributed by atoms with E-state index >= 15 is 0 Å². The topological polar surface area (TPSA) is 118 Å². The van der Waals surface area contributed by atoms with E-state index in [-0.39, 0.29) is 12.3 Å². The van der Waals surface area contributed by atoms with E-state index in [4.69, 9.17) is 5.41 Å². The number of halogens is 1. The summed E-state index contributed by atoms with van der Waals surface area (Å²) < 4.78 is 13.8. The van der Waals surface area contributed by atoms with Gasteiger partial charge in [0.1, 0.15) is 11.6 Å². The van der Waals surface area contributed by atoms with E-state index in [1.165, 1.54) is 17.3 Å². The van der Waals surface area contributed by atoms with Crippen LogP contribution in [-0.4, -0.2) is 46.9 Å². The number of allylic oxidation sites excluding steroid dienone is 1. The minimum atomic E-state index is -0.908. The molecule has 2 aromatic rings. The third kappa shape index (κ3) is 5.78. The number of likely N-dealkylation sites (N-methyl/N-ethyl adjacent to an activating group) is 1. The highest BCUT2D eigenvalue weighted by Gasteiger charge is 2.32. The number of aryl methyl sites for hydroxylation is 1. The maximum Gasteiger partial charge on any atom is 0.319 e. The van der Waals surface area contributed by atoms with Gasteiger partial charge in [-0.1, -0.05) is 24.0 Å². The lowest BCUT2D eigenvalue weighted by Crippen LogP contribution is -2.49. The number of anilines is 1. The van der Waals surface area contributed by atoms with Gasteiger partial charge in [0, 0.05) is 48.9 Å². The van der Waals surface area contributed by atoms with Crippen molar-refractivity contribution in [3.8, 4) is 11.8 Å². The number of carbonyl (C=O) groups is 2. The standard InChI is InChI=1S/C27H28FN5O3/c1-33-23-15-18(9-12-27(36)10-3-11-27)5-6-20(23)7-8-22(25(33)34)32-26(35)31-17-19(16-29)14-21-4-2-13-30-24(21)28/h2,4-6,13,15-17,22,29,36H,3,7-8,10-11,14H2,1H3,(H2,31,32,35)/b19-17-,29-16?/t22-/m1/s1. The molecule has 9 heteroatoms. The molecule has 0 spiro atoms. The van der Waals surface area contributed by atoms with Crippen molar-refractivity contribution in [3.05, 3.63) is 70.9 Å². The van der Waals surface area contributed by atoms with Crippen LogP contribution >= 0.6 is 0 Å². The molecule has 1 aromatic heterocycles. The third-order valence-electron chi connectivity index (χ3n) is 6.51. The lowest BCUT2D eigenvalue weighted by molar-refractivity contribution is -0.120. The minimum Gasteiger partial charge on any atom is -0.378 e. The van der Waals surface area contributed by atoms with Crippen molar-refractivity contribution in [2.24, 2.45) is 0 Å². The summed E-state index contributed by atoms with van der Waals surface area (Å²) in [4.78, 5) is 30.7. The summed E-state index contributed by atoms with van der Waals surface area (Å²) in [6.45, 7) is 0. The molecule has 1 atom stereocenters. The fourth-order valence-corrected chi connectivity index (χ4v) is 4.17. The van der Waals surface area contributed by atoms with E-state index in [2.05, 4.69) is 27.5 Å². The Labute approximate surface area is 209 Å². The molecule has 1 aliphatic heterocycles. The lowest BCUT2D eigenvalue weighted by atomic mass is 9.81. The van der Waals surface area contributed by atoms with Gasteiger partial charge in [-0.05, 0) is 61.4 Å². The zero-order valence-corrected chi connectivity index (χ0v) is 20.0. The van der Waals surface area contributed by atoms with Crippen molar-refractivity contribution >= 4 is 23.8 Å². The van der Waals surface area contributed by atoms with Crippen LogP contribution in [0.15, 0.2) is 48.3 Å². The predicted molar refractivity (Wildman–Crippen MR) is 134 cm³/mol. The van der Waals surface area contributed by atoms with Crippen LogP contribution in [0.1, 0.15) is 42.4 Å². The second-order valence-electron chi connectivity index (χ2n) is 9.08. The normalized spacial score (nSPS) is 18.6. The summed E-state index contributed by atoms with van der Waals surface area (Å²) in [7, 11) is 1.66. The van der Waals surface area contributed by atoms with Crippen molar-refractivity contribution in [1.82, 2.24) is 15.6 Å². The molecule has 4 rings (SSSR count). The summed E-state index contributed by atoms with van der Waals surface area (Å²) in [5.41, 5.74) is 2.17. The second-order valence-corrected chi connectivity index (χ2v) is 9.08. The van der Waals surface area contributed by atoms with Gasteiger partial charge in [0.05, 0.1) is 0 Å². The molecular weight excluding hydrogens is 461 g/mol. The molecular formula is C27H28FN5O3. The minimum absolute atomic E-state index is 0.0898. The van der Waals surface area contributed by atoms with Crippen molar-refractivity contribution in [3.63, 3.8) is 0 Å². The SMILES string of the molecule is CN1C(=O)[C@H](NC(=O)N/C=C(\C=N)Cc2cccnc2F)CCc2ccc(C#CC3(O)CCC3)cc21. The van der Waals surface area contributed by atoms with Crippen LogP contribution in [0.3, 0.4) is 0 Å². The maximum atomic E-state index is 13.8. The molecule has 8 nitrogen and oxygen atoms in total. The quantitative estimate of drug-likeness (QED) is 0.293. The van der Waals surface area contributed by atoms with Gasteiger partial charge in [0.15, 0.2) is 0 Å². The molecule has 2 heterocycles. The van der Waals surface area contributed by atoms with Gasteiger partial charge in [-0.15, -0.1) is 0 Å². The van der Waals surface area contributed by atoms with E-state index in [1.54, 1.807) is 19.2 Å². The van der Waals surface area contributed by atoms with E-state index in [0.29, 0.717) is 42.4 Å². The Bertz CT molecular complexity index is 1280. The molecule has 1 aliphatic carbocycles. The molecule has 3 amide bonds. The predicted octanol–water partition coefficient (Wildman–Crippen LogP) is 2.84. The number of hydrogen-bond donors (Lipinski definition) is 4. The van der Waals surface area contributed by atoms with Gasteiger partial charge in [-0.3, -0.25) is 4.79 Å². The zero-order valence-electron chi connectivity index (χ0n) is 20.0. The number of rotatable bonds is 5. The molecule has 1 saturated carbocycles. The molecule has 0 saturated heterocycles. The number of aliphatic hydroxyl groups is 1. The van der Waals surface area contributed by atoms with E-state index in [0.717, 1.165) is 23.9 Å². The number of hydrogen-bond acceptors (Lipinski definition) is 5. The first-order chi connectivity index (χ1) is 17.3. The van der Waals surface area contributed by atoms with E-state index in [9.17, 15) is 19.1 Å². The molecule has 2 aliphatic rings. The number of fused-ring (bicyclic) bond motifs is 1. The fraction of sp³-hybridized carbons (Fsp3) is 0.333. The van der Waals surface area contributed by atoms with Crippen LogP contribution in [0.4, 0.5) is 14.9 Å². The highest BCUT2D eigenvalue weighted by Crippen LogP contribution is 2.31. The van der Waals surface area contributed by atoms with Gasteiger partial charge in [-0.25, -0.2) is 9.78 Å². The summed E-state index contributed by atoms with van der Waals surface area (Å²) in [6.07, 6.45) is 7.08. The Hall–Kier alpha value is -4.03. The molecule has 0 radical (unpaired) electrons. The van der Waals surface area contributed by atoms with Gasteiger partial charge in [-0.2, -0.15) is 4.39 Å². The summed E-state index contributed by atoms with van der Waals surface area (Å²) in [6, 6.07) is 7.44. The summed E-state index contributed by atoms with van der Waals surface area (Å²) >= 11 is 0. The van der Waals surface area contributed by atoms with Crippen molar-refractivity contribution in [2.75, 3.05) is 11.9 Å². The number of benzene rings is 1. The lowest BCUT2D eigenvalue weighted by Gasteiger charge is -2.30. The van der Waals surface area contributed by atoms with Crippen LogP contribution in [-0.2, 0) is 17.6 Å². The van der Waals surface area contributed by atoms with Gasteiger partial charge in [0.25, 0.3) is 0 Å². The summed E-state index contributed by atoms with van der Waals surface area (Å²) in [5.74, 6) is 5.06. The summed E-state index contributed by atoms with van der Waals surface area (Å²) in [5, 5.41) is 23.0. The highest BCUT2D eigenvalue weighted by atomic mass is 19.1. The zero-order chi connectivity index (χ0) is 25.7. The average Bonchev–Trinajstić information content (AvgIpc) is 2.97. The Balaban J connectivity index is 1.40. The van der Waals surface area contributed by atoms with Crippen LogP contribution in [0.2, 0.25) is 0 Å². The molecule has 0 unspecified atom stereocenters. The first-order valence-corrected chi connectivity index (χ1v) is 11.8. The number of nitrogens with zero attached hydrogens (tertiary/aromatic N) is 2. The van der Waals surface area contributed by atoms with E-state index in [1.807, 2.05) is 18.2 Å². The Morgan fingerprint density at radius 1 is 1.39 bits per heavy atom. The van der Waals surface area contributed by atoms with Crippen LogP contribution < -0.4 is 15.5 Å². The van der Waals surface area contributed by atoms with Crippen LogP contribution in [0, 0.1) is 23.2 Å². The maximum absolute atomic E-state index is 13.8. The first-order valence-electron chi connectivity index (χ1n) is 11.8. The van der Waals surface area contributed by atoms with Crippen LogP contribution in [0.25, 0.3) is 0 Å². The number of urea groups is 1.